The smallest absolute Gasteiger partial charge is 0.309 e. The number of ether oxygens (including phenoxy) is 1. The summed E-state index contributed by atoms with van der Waals surface area (Å²) >= 11 is 0. The van der Waals surface area contributed by atoms with E-state index in [4.69, 9.17) is 0 Å². The van der Waals surface area contributed by atoms with Crippen LogP contribution in [0.25, 0.3) is 0 Å². The summed E-state index contributed by atoms with van der Waals surface area (Å²) in [6.07, 6.45) is 0.219. The van der Waals surface area contributed by atoms with Crippen LogP contribution in [0.4, 0.5) is 8.78 Å². The molecule has 0 saturated heterocycles. The van der Waals surface area contributed by atoms with Gasteiger partial charge in [-0.15, -0.1) is 0 Å². The fourth-order valence-corrected chi connectivity index (χ4v) is 1.67. The number of rotatable bonds is 4. The minimum atomic E-state index is -0.625. The second kappa shape index (κ2) is 5.75. The predicted molar refractivity (Wildman–Crippen MR) is 60.4 cm³/mol. The molecule has 1 unspecified atom stereocenters. The van der Waals surface area contributed by atoms with E-state index >= 15 is 0 Å². The van der Waals surface area contributed by atoms with Crippen molar-refractivity contribution < 1.29 is 18.3 Å². The summed E-state index contributed by atoms with van der Waals surface area (Å²) < 4.78 is 30.9. The fraction of sp³-hybridized carbons (Fsp3) is 0.462. The van der Waals surface area contributed by atoms with Crippen LogP contribution in [0.1, 0.15) is 19.4 Å². The summed E-state index contributed by atoms with van der Waals surface area (Å²) in [4.78, 5) is 11.5. The lowest BCUT2D eigenvalue weighted by Gasteiger charge is -2.18. The Balaban J connectivity index is 2.90. The van der Waals surface area contributed by atoms with E-state index in [2.05, 4.69) is 4.74 Å². The van der Waals surface area contributed by atoms with Crippen LogP contribution in [-0.2, 0) is 16.0 Å². The maximum absolute atomic E-state index is 13.4. The molecule has 0 radical (unpaired) electrons. The number of carbonyl (C=O) groups is 1. The average molecular weight is 242 g/mol. The zero-order valence-electron chi connectivity index (χ0n) is 10.2. The van der Waals surface area contributed by atoms with Gasteiger partial charge in [0.25, 0.3) is 0 Å². The molecule has 94 valence electrons. The van der Waals surface area contributed by atoms with Crippen molar-refractivity contribution in [2.24, 2.45) is 11.8 Å². The number of benzene rings is 1. The van der Waals surface area contributed by atoms with Gasteiger partial charge < -0.3 is 4.74 Å². The maximum atomic E-state index is 13.4. The largest absolute Gasteiger partial charge is 0.469 e. The molecular weight excluding hydrogens is 226 g/mol. The van der Waals surface area contributed by atoms with E-state index in [1.807, 2.05) is 13.8 Å². The molecule has 0 aliphatic rings. The van der Waals surface area contributed by atoms with E-state index in [9.17, 15) is 13.6 Å². The molecule has 1 rings (SSSR count). The van der Waals surface area contributed by atoms with E-state index in [0.29, 0.717) is 5.56 Å². The molecule has 0 aliphatic heterocycles. The summed E-state index contributed by atoms with van der Waals surface area (Å²) in [5, 5.41) is 0. The Morgan fingerprint density at radius 2 is 2.00 bits per heavy atom. The third-order valence-electron chi connectivity index (χ3n) is 2.76. The van der Waals surface area contributed by atoms with Crippen molar-refractivity contribution in [1.82, 2.24) is 0 Å². The summed E-state index contributed by atoms with van der Waals surface area (Å²) in [6.45, 7) is 3.73. The molecule has 0 heterocycles. The van der Waals surface area contributed by atoms with Gasteiger partial charge in [0.15, 0.2) is 0 Å². The lowest BCUT2D eigenvalue weighted by atomic mass is 9.89. The van der Waals surface area contributed by atoms with Crippen molar-refractivity contribution >= 4 is 5.97 Å². The standard InChI is InChI=1S/C13H16F2O2/c1-8(2)11(13(16)17-3)6-9-4-5-10(14)7-12(9)15/h4-5,7-8,11H,6H2,1-3H3. The lowest BCUT2D eigenvalue weighted by molar-refractivity contribution is -0.146. The number of esters is 1. The number of hydrogen-bond acceptors (Lipinski definition) is 2. The molecule has 17 heavy (non-hydrogen) atoms. The third-order valence-corrected chi connectivity index (χ3v) is 2.76. The van der Waals surface area contributed by atoms with Gasteiger partial charge in [0, 0.05) is 6.07 Å². The Labute approximate surface area is 99.6 Å². The lowest BCUT2D eigenvalue weighted by Crippen LogP contribution is -2.24. The number of methoxy groups -OCH3 is 1. The maximum Gasteiger partial charge on any atom is 0.309 e. The quantitative estimate of drug-likeness (QED) is 0.759. The molecule has 1 aromatic rings. The molecule has 4 heteroatoms. The second-order valence-corrected chi connectivity index (χ2v) is 4.31. The predicted octanol–water partition coefficient (Wildman–Crippen LogP) is 2.95. The first kappa shape index (κ1) is 13.6. The number of carbonyl (C=O) groups excluding carboxylic acids is 1. The minimum absolute atomic E-state index is 0.0342. The first-order valence-corrected chi connectivity index (χ1v) is 5.47. The van der Waals surface area contributed by atoms with Crippen LogP contribution >= 0.6 is 0 Å². The van der Waals surface area contributed by atoms with Crippen LogP contribution in [0.15, 0.2) is 18.2 Å². The SMILES string of the molecule is COC(=O)C(Cc1ccc(F)cc1F)C(C)C. The van der Waals surface area contributed by atoms with E-state index in [1.165, 1.54) is 19.2 Å². The van der Waals surface area contributed by atoms with Crippen LogP contribution in [-0.4, -0.2) is 13.1 Å². The molecule has 0 aliphatic carbocycles. The highest BCUT2D eigenvalue weighted by atomic mass is 19.1. The van der Waals surface area contributed by atoms with Crippen molar-refractivity contribution in [3.8, 4) is 0 Å². The van der Waals surface area contributed by atoms with Crippen LogP contribution < -0.4 is 0 Å². The van der Waals surface area contributed by atoms with Gasteiger partial charge in [-0.3, -0.25) is 4.79 Å². The van der Waals surface area contributed by atoms with Gasteiger partial charge in [0.1, 0.15) is 11.6 Å². The van der Waals surface area contributed by atoms with Crippen LogP contribution in [0, 0.1) is 23.5 Å². The molecule has 0 fully saturated rings. The van der Waals surface area contributed by atoms with Gasteiger partial charge in [-0.1, -0.05) is 19.9 Å². The highest BCUT2D eigenvalue weighted by molar-refractivity contribution is 5.72. The first-order chi connectivity index (χ1) is 7.95. The van der Waals surface area contributed by atoms with Crippen molar-refractivity contribution in [3.05, 3.63) is 35.4 Å². The Hall–Kier alpha value is -1.45. The molecule has 0 aromatic heterocycles. The highest BCUT2D eigenvalue weighted by Gasteiger charge is 2.24. The van der Waals surface area contributed by atoms with E-state index in [-0.39, 0.29) is 18.3 Å². The minimum Gasteiger partial charge on any atom is -0.469 e. The van der Waals surface area contributed by atoms with E-state index in [1.54, 1.807) is 0 Å². The van der Waals surface area contributed by atoms with Crippen LogP contribution in [0.5, 0.6) is 0 Å². The fourth-order valence-electron chi connectivity index (χ4n) is 1.67. The van der Waals surface area contributed by atoms with Gasteiger partial charge in [0.2, 0.25) is 0 Å². The Morgan fingerprint density at radius 3 is 2.47 bits per heavy atom. The third kappa shape index (κ3) is 3.51. The second-order valence-electron chi connectivity index (χ2n) is 4.31. The van der Waals surface area contributed by atoms with Gasteiger partial charge >= 0.3 is 5.97 Å². The van der Waals surface area contributed by atoms with Gasteiger partial charge in [-0.25, -0.2) is 8.78 Å². The van der Waals surface area contributed by atoms with Gasteiger partial charge in [-0.2, -0.15) is 0 Å². The molecule has 1 aromatic carbocycles. The highest BCUT2D eigenvalue weighted by Crippen LogP contribution is 2.21. The first-order valence-electron chi connectivity index (χ1n) is 5.47. The number of hydrogen-bond donors (Lipinski definition) is 0. The summed E-state index contributed by atoms with van der Waals surface area (Å²) in [7, 11) is 1.30. The van der Waals surface area contributed by atoms with Crippen molar-refractivity contribution in [2.45, 2.75) is 20.3 Å². The van der Waals surface area contributed by atoms with Gasteiger partial charge in [-0.05, 0) is 24.0 Å². The molecule has 0 spiro atoms. The van der Waals surface area contributed by atoms with Crippen molar-refractivity contribution in [3.63, 3.8) is 0 Å². The number of halogens is 2. The molecule has 0 bridgehead atoms. The van der Waals surface area contributed by atoms with E-state index in [0.717, 1.165) is 6.07 Å². The zero-order valence-corrected chi connectivity index (χ0v) is 10.2. The summed E-state index contributed by atoms with van der Waals surface area (Å²) in [5.74, 6) is -2.00. The van der Waals surface area contributed by atoms with Crippen molar-refractivity contribution in [2.75, 3.05) is 7.11 Å². The molecule has 0 N–H and O–H groups in total. The zero-order chi connectivity index (χ0) is 13.0. The van der Waals surface area contributed by atoms with Gasteiger partial charge in [0.05, 0.1) is 13.0 Å². The van der Waals surface area contributed by atoms with E-state index < -0.39 is 17.6 Å². The van der Waals surface area contributed by atoms with Crippen LogP contribution in [0.2, 0.25) is 0 Å². The Kier molecular flexibility index (Phi) is 4.61. The normalized spacial score (nSPS) is 12.6. The molecular formula is C13H16F2O2. The summed E-state index contributed by atoms with van der Waals surface area (Å²) in [5.41, 5.74) is 0.329. The Bertz CT molecular complexity index is 402. The molecule has 0 amide bonds. The van der Waals surface area contributed by atoms with Crippen LogP contribution in [0.3, 0.4) is 0 Å². The van der Waals surface area contributed by atoms with Crippen molar-refractivity contribution in [1.29, 1.82) is 0 Å². The molecule has 1 atom stereocenters. The Morgan fingerprint density at radius 1 is 1.35 bits per heavy atom. The topological polar surface area (TPSA) is 26.3 Å². The monoisotopic (exact) mass is 242 g/mol. The molecule has 0 saturated carbocycles. The average Bonchev–Trinajstić information content (AvgIpc) is 2.26. The summed E-state index contributed by atoms with van der Waals surface area (Å²) in [6, 6.07) is 3.38. The molecule has 2 nitrogen and oxygen atoms in total.